The second-order valence-corrected chi connectivity index (χ2v) is 7.80. The first-order valence-electron chi connectivity index (χ1n) is 10.6. The summed E-state index contributed by atoms with van der Waals surface area (Å²) in [6.45, 7) is 0.806. The van der Waals surface area contributed by atoms with Gasteiger partial charge in [-0.15, -0.1) is 0 Å². The number of benzene rings is 3. The maximum atomic E-state index is 12.9. The van der Waals surface area contributed by atoms with Gasteiger partial charge in [0.05, 0.1) is 31.7 Å². The topological polar surface area (TPSA) is 93.9 Å². The number of carbonyl (C=O) groups excluding carboxylic acids is 1. The van der Waals surface area contributed by atoms with Crippen molar-refractivity contribution in [1.29, 1.82) is 0 Å². The van der Waals surface area contributed by atoms with Crippen LogP contribution < -0.4 is 14.8 Å². The molecule has 0 bridgehead atoms. The predicted molar refractivity (Wildman–Crippen MR) is 125 cm³/mol. The van der Waals surface area contributed by atoms with E-state index in [1.165, 1.54) is 12.1 Å². The molecule has 33 heavy (non-hydrogen) atoms. The molecule has 1 amide bonds. The van der Waals surface area contributed by atoms with Crippen LogP contribution in [0.15, 0.2) is 66.7 Å². The number of amides is 1. The van der Waals surface area contributed by atoms with Gasteiger partial charge in [0.25, 0.3) is 5.69 Å². The van der Waals surface area contributed by atoms with Crippen LogP contribution in [0.5, 0.6) is 11.5 Å². The lowest BCUT2D eigenvalue weighted by atomic mass is 9.87. The molecule has 1 aliphatic heterocycles. The molecule has 3 aromatic rings. The second-order valence-electron chi connectivity index (χ2n) is 7.80. The van der Waals surface area contributed by atoms with Crippen LogP contribution >= 0.6 is 0 Å². The number of anilines is 1. The summed E-state index contributed by atoms with van der Waals surface area (Å²) in [5.74, 6) is 1.08. The van der Waals surface area contributed by atoms with Crippen LogP contribution in [0.2, 0.25) is 0 Å². The van der Waals surface area contributed by atoms with Crippen LogP contribution in [-0.4, -0.2) is 43.0 Å². The third-order valence-corrected chi connectivity index (χ3v) is 5.78. The molecule has 0 saturated heterocycles. The zero-order chi connectivity index (χ0) is 23.4. The molecule has 3 aromatic carbocycles. The number of nitrogens with one attached hydrogen (secondary N) is 1. The average molecular weight is 447 g/mol. The van der Waals surface area contributed by atoms with E-state index in [1.807, 2.05) is 42.5 Å². The van der Waals surface area contributed by atoms with Gasteiger partial charge in [0.15, 0.2) is 11.5 Å². The van der Waals surface area contributed by atoms with Crippen LogP contribution in [0.4, 0.5) is 11.4 Å². The number of fused-ring (bicyclic) bond motifs is 1. The summed E-state index contributed by atoms with van der Waals surface area (Å²) in [5.41, 5.74) is 3.61. The molecule has 1 aliphatic rings. The molecule has 4 rings (SSSR count). The van der Waals surface area contributed by atoms with Gasteiger partial charge >= 0.3 is 0 Å². The van der Waals surface area contributed by atoms with Crippen molar-refractivity contribution in [2.75, 3.05) is 32.6 Å². The van der Waals surface area contributed by atoms with Crippen molar-refractivity contribution in [1.82, 2.24) is 4.90 Å². The largest absolute Gasteiger partial charge is 0.493 e. The van der Waals surface area contributed by atoms with E-state index in [-0.39, 0.29) is 24.2 Å². The van der Waals surface area contributed by atoms with Crippen LogP contribution in [-0.2, 0) is 11.2 Å². The highest BCUT2D eigenvalue weighted by Gasteiger charge is 2.31. The van der Waals surface area contributed by atoms with E-state index in [9.17, 15) is 14.9 Å². The van der Waals surface area contributed by atoms with Gasteiger partial charge in [0.1, 0.15) is 0 Å². The Morgan fingerprint density at radius 2 is 1.79 bits per heavy atom. The zero-order valence-corrected chi connectivity index (χ0v) is 18.5. The van der Waals surface area contributed by atoms with E-state index in [1.54, 1.807) is 26.4 Å². The minimum Gasteiger partial charge on any atom is -0.493 e. The maximum Gasteiger partial charge on any atom is 0.271 e. The third-order valence-electron chi connectivity index (χ3n) is 5.78. The summed E-state index contributed by atoms with van der Waals surface area (Å²) in [4.78, 5) is 25.6. The zero-order valence-electron chi connectivity index (χ0n) is 18.5. The summed E-state index contributed by atoms with van der Waals surface area (Å²) >= 11 is 0. The van der Waals surface area contributed by atoms with Crippen molar-refractivity contribution in [3.8, 4) is 11.5 Å². The molecule has 0 radical (unpaired) electrons. The fourth-order valence-electron chi connectivity index (χ4n) is 4.28. The number of hydrogen-bond acceptors (Lipinski definition) is 6. The first-order valence-corrected chi connectivity index (χ1v) is 10.6. The van der Waals surface area contributed by atoms with Crippen LogP contribution in [0, 0.1) is 10.1 Å². The summed E-state index contributed by atoms with van der Waals surface area (Å²) in [6.07, 6.45) is 0.753. The minimum absolute atomic E-state index is 0.0668. The number of hydrogen-bond donors (Lipinski definition) is 1. The monoisotopic (exact) mass is 447 g/mol. The number of nitrogens with zero attached hydrogens (tertiary/aromatic N) is 2. The molecule has 0 aromatic heterocycles. The highest BCUT2D eigenvalue weighted by atomic mass is 16.6. The molecule has 1 heterocycles. The summed E-state index contributed by atoms with van der Waals surface area (Å²) < 4.78 is 11.0. The van der Waals surface area contributed by atoms with Gasteiger partial charge in [-0.25, -0.2) is 0 Å². The molecular weight excluding hydrogens is 422 g/mol. The van der Waals surface area contributed by atoms with Gasteiger partial charge in [0, 0.05) is 24.4 Å². The summed E-state index contributed by atoms with van der Waals surface area (Å²) in [7, 11) is 3.22. The standard InChI is InChI=1S/C25H25N3O5/c1-32-22-13-18-11-12-27(16-24(29)26-19-9-6-10-20(14-19)28(30)31)25(17-7-4-3-5-8-17)21(18)15-23(22)33-2/h3-10,13-15,25H,11-12,16H2,1-2H3,(H,26,29)/t25-/m1/s1. The lowest BCUT2D eigenvalue weighted by molar-refractivity contribution is -0.384. The van der Waals surface area contributed by atoms with Gasteiger partial charge in [-0.3, -0.25) is 19.8 Å². The minimum atomic E-state index is -0.482. The highest BCUT2D eigenvalue weighted by molar-refractivity contribution is 5.92. The Bertz CT molecular complexity index is 1170. The molecule has 0 saturated carbocycles. The van der Waals surface area contributed by atoms with Crippen LogP contribution in [0.3, 0.4) is 0 Å². The number of nitro benzene ring substituents is 1. The molecule has 0 fully saturated rings. The van der Waals surface area contributed by atoms with E-state index in [2.05, 4.69) is 10.2 Å². The Hall–Kier alpha value is -3.91. The Morgan fingerprint density at radius 1 is 1.06 bits per heavy atom. The molecular formula is C25H25N3O5. The quantitative estimate of drug-likeness (QED) is 0.431. The molecule has 8 heteroatoms. The van der Waals surface area contributed by atoms with E-state index < -0.39 is 4.92 Å². The van der Waals surface area contributed by atoms with Gasteiger partial charge in [-0.2, -0.15) is 0 Å². The highest BCUT2D eigenvalue weighted by Crippen LogP contribution is 2.40. The number of ether oxygens (including phenoxy) is 2. The predicted octanol–water partition coefficient (Wildman–Crippen LogP) is 4.20. The number of rotatable bonds is 7. The molecule has 0 aliphatic carbocycles. The lowest BCUT2D eigenvalue weighted by Gasteiger charge is -2.37. The Morgan fingerprint density at radius 3 is 2.48 bits per heavy atom. The van der Waals surface area contributed by atoms with Crippen molar-refractivity contribution >= 4 is 17.3 Å². The fraction of sp³-hybridized carbons (Fsp3) is 0.240. The van der Waals surface area contributed by atoms with Crippen molar-refractivity contribution < 1.29 is 19.2 Å². The number of carbonyl (C=O) groups is 1. The normalized spacial score (nSPS) is 15.4. The Balaban J connectivity index is 1.63. The van der Waals surface area contributed by atoms with Crippen molar-refractivity contribution in [3.05, 3.63) is 93.5 Å². The van der Waals surface area contributed by atoms with Gasteiger partial charge in [0.2, 0.25) is 5.91 Å². The smallest absolute Gasteiger partial charge is 0.271 e. The lowest BCUT2D eigenvalue weighted by Crippen LogP contribution is -2.41. The molecule has 8 nitrogen and oxygen atoms in total. The first-order chi connectivity index (χ1) is 16.0. The summed E-state index contributed by atoms with van der Waals surface area (Å²) in [5, 5.41) is 13.8. The maximum absolute atomic E-state index is 12.9. The van der Waals surface area contributed by atoms with E-state index in [4.69, 9.17) is 9.47 Å². The van der Waals surface area contributed by atoms with E-state index in [0.717, 1.165) is 23.1 Å². The Kier molecular flexibility index (Phi) is 6.55. The molecule has 0 spiro atoms. The molecule has 0 unspecified atom stereocenters. The molecule has 1 N–H and O–H groups in total. The van der Waals surface area contributed by atoms with Crippen molar-refractivity contribution in [2.45, 2.75) is 12.5 Å². The van der Waals surface area contributed by atoms with E-state index >= 15 is 0 Å². The Labute approximate surface area is 191 Å². The van der Waals surface area contributed by atoms with Gasteiger partial charge < -0.3 is 14.8 Å². The average Bonchev–Trinajstić information content (AvgIpc) is 2.83. The SMILES string of the molecule is COc1cc2c(cc1OC)[C@@H](c1ccccc1)N(CC(=O)Nc1cccc([N+](=O)[O-])c1)CC2. The van der Waals surface area contributed by atoms with Crippen molar-refractivity contribution in [2.24, 2.45) is 0 Å². The third kappa shape index (κ3) is 4.80. The summed E-state index contributed by atoms with van der Waals surface area (Å²) in [6, 6.07) is 19.8. The number of nitro groups is 1. The molecule has 1 atom stereocenters. The van der Waals surface area contributed by atoms with Gasteiger partial charge in [-0.05, 0) is 41.3 Å². The van der Waals surface area contributed by atoms with Crippen molar-refractivity contribution in [3.63, 3.8) is 0 Å². The number of non-ortho nitro benzene ring substituents is 1. The first kappa shape index (κ1) is 22.3. The van der Waals surface area contributed by atoms with Gasteiger partial charge in [-0.1, -0.05) is 36.4 Å². The number of methoxy groups -OCH3 is 2. The second kappa shape index (κ2) is 9.70. The van der Waals surface area contributed by atoms with Crippen LogP contribution in [0.1, 0.15) is 22.7 Å². The fourth-order valence-corrected chi connectivity index (χ4v) is 4.28. The van der Waals surface area contributed by atoms with E-state index in [0.29, 0.717) is 23.7 Å². The van der Waals surface area contributed by atoms with Crippen LogP contribution in [0.25, 0.3) is 0 Å². The molecule has 170 valence electrons.